The van der Waals surface area contributed by atoms with Gasteiger partial charge in [-0.2, -0.15) is 0 Å². The molecule has 0 saturated carbocycles. The Hall–Kier alpha value is -3.15. The Morgan fingerprint density at radius 2 is 1.97 bits per heavy atom. The highest BCUT2D eigenvalue weighted by molar-refractivity contribution is 6.00. The molecule has 32 heavy (non-hydrogen) atoms. The first-order chi connectivity index (χ1) is 15.6. The molecular weight excluding hydrogens is 402 g/mol. The van der Waals surface area contributed by atoms with Crippen molar-refractivity contribution in [2.75, 3.05) is 12.4 Å². The van der Waals surface area contributed by atoms with Gasteiger partial charge in [-0.05, 0) is 59.9 Å². The lowest BCUT2D eigenvalue weighted by Crippen LogP contribution is -2.52. The molecule has 2 N–H and O–H groups in total. The third-order valence-corrected chi connectivity index (χ3v) is 6.01. The number of benzene rings is 2. The Morgan fingerprint density at radius 3 is 2.66 bits per heavy atom. The van der Waals surface area contributed by atoms with Crippen molar-refractivity contribution in [3.63, 3.8) is 0 Å². The highest BCUT2D eigenvalue weighted by Gasteiger charge is 2.49. The molecule has 3 aromatic rings. The molecule has 0 aliphatic carbocycles. The van der Waals surface area contributed by atoms with E-state index in [2.05, 4.69) is 18.3 Å². The molecule has 2 unspecified atom stereocenters. The molecule has 5 heteroatoms. The second kappa shape index (κ2) is 9.55. The van der Waals surface area contributed by atoms with E-state index >= 15 is 0 Å². The highest BCUT2D eigenvalue weighted by atomic mass is 16.5. The monoisotopic (exact) mass is 431 g/mol. The molecule has 0 fully saturated rings. The summed E-state index contributed by atoms with van der Waals surface area (Å²) < 4.78 is 11.2. The molecule has 1 aliphatic heterocycles. The quantitative estimate of drug-likeness (QED) is 0.455. The largest absolute Gasteiger partial charge is 0.465 e. The van der Waals surface area contributed by atoms with Crippen molar-refractivity contribution in [3.8, 4) is 0 Å². The van der Waals surface area contributed by atoms with Gasteiger partial charge in [0.05, 0.1) is 6.26 Å². The van der Waals surface area contributed by atoms with Gasteiger partial charge in [0, 0.05) is 18.4 Å². The van der Waals surface area contributed by atoms with Crippen LogP contribution in [0.1, 0.15) is 55.1 Å². The zero-order valence-electron chi connectivity index (χ0n) is 18.5. The van der Waals surface area contributed by atoms with Gasteiger partial charge in [-0.15, -0.1) is 0 Å². The third-order valence-electron chi connectivity index (χ3n) is 6.01. The van der Waals surface area contributed by atoms with Crippen LogP contribution in [0.3, 0.4) is 0 Å². The van der Waals surface area contributed by atoms with Gasteiger partial charge in [0.15, 0.2) is 11.7 Å². The lowest BCUT2D eigenvalue weighted by molar-refractivity contribution is -0.142. The minimum Gasteiger partial charge on any atom is -0.465 e. The third kappa shape index (κ3) is 4.14. The zero-order chi connectivity index (χ0) is 22.6. The van der Waals surface area contributed by atoms with Gasteiger partial charge in [-0.1, -0.05) is 56.2 Å². The van der Waals surface area contributed by atoms with Crippen LogP contribution in [-0.4, -0.2) is 24.2 Å². The van der Waals surface area contributed by atoms with Gasteiger partial charge >= 0.3 is 0 Å². The van der Waals surface area contributed by atoms with Crippen LogP contribution in [0.5, 0.6) is 0 Å². The number of carbonyl (C=O) groups is 1. The number of carbonyl (C=O) groups excluding carboxylic acids is 1. The van der Waals surface area contributed by atoms with Gasteiger partial charge in [-0.3, -0.25) is 4.79 Å². The van der Waals surface area contributed by atoms with E-state index < -0.39 is 11.7 Å². The molecule has 4 rings (SSSR count). The molecule has 0 saturated heterocycles. The Balaban J connectivity index is 1.81. The van der Waals surface area contributed by atoms with Gasteiger partial charge in [-0.25, -0.2) is 0 Å². The number of rotatable bonds is 8. The van der Waals surface area contributed by atoms with Crippen LogP contribution in [0.15, 0.2) is 71.3 Å². The molecule has 1 amide bonds. The summed E-state index contributed by atoms with van der Waals surface area (Å²) in [4.78, 5) is 12.7. The van der Waals surface area contributed by atoms with Crippen LogP contribution in [0.25, 0.3) is 11.6 Å². The van der Waals surface area contributed by atoms with Crippen LogP contribution in [0.4, 0.5) is 5.69 Å². The molecule has 0 radical (unpaired) electrons. The van der Waals surface area contributed by atoms with E-state index in [4.69, 9.17) is 9.15 Å². The lowest BCUT2D eigenvalue weighted by Gasteiger charge is -2.40. The Bertz CT molecular complexity index is 1090. The number of furan rings is 1. The first-order valence-corrected chi connectivity index (χ1v) is 11.1. The maximum absolute atomic E-state index is 12.7. The normalized spacial score (nSPS) is 20.7. The number of methoxy groups -OCH3 is 1. The number of ether oxygens (including phenoxy) is 1. The molecule has 0 bridgehead atoms. The lowest BCUT2D eigenvalue weighted by atomic mass is 9.77. The first-order valence-electron chi connectivity index (χ1n) is 11.1. The summed E-state index contributed by atoms with van der Waals surface area (Å²) in [6.07, 6.45) is 6.99. The smallest absolute Gasteiger partial charge is 0.257 e. The number of anilines is 1. The number of amides is 1. The van der Waals surface area contributed by atoms with Crippen molar-refractivity contribution in [2.45, 2.75) is 44.3 Å². The predicted molar refractivity (Wildman–Crippen MR) is 126 cm³/mol. The SMILES string of the molecule is CCCCC/C(=C\c1ccc2c(c1)C(O)(c1ccccc1)C(OC)C(=O)N2)c1ccco1. The fraction of sp³-hybridized carbons (Fsp3) is 0.296. The average molecular weight is 432 g/mol. The van der Waals surface area contributed by atoms with Crippen LogP contribution < -0.4 is 5.32 Å². The summed E-state index contributed by atoms with van der Waals surface area (Å²) >= 11 is 0. The zero-order valence-corrected chi connectivity index (χ0v) is 18.5. The van der Waals surface area contributed by atoms with E-state index in [9.17, 15) is 9.90 Å². The molecule has 1 aliphatic rings. The number of hydrogen-bond donors (Lipinski definition) is 2. The minimum absolute atomic E-state index is 0.370. The van der Waals surface area contributed by atoms with E-state index in [0.717, 1.165) is 42.6 Å². The molecule has 5 nitrogen and oxygen atoms in total. The van der Waals surface area contributed by atoms with Crippen molar-refractivity contribution in [3.05, 3.63) is 89.4 Å². The van der Waals surface area contributed by atoms with Gasteiger partial charge < -0.3 is 19.6 Å². The Morgan fingerprint density at radius 1 is 1.16 bits per heavy atom. The molecule has 0 spiro atoms. The topological polar surface area (TPSA) is 71.7 Å². The number of hydrogen-bond acceptors (Lipinski definition) is 4. The predicted octanol–water partition coefficient (Wildman–Crippen LogP) is 5.60. The van der Waals surface area contributed by atoms with E-state index in [1.54, 1.807) is 6.26 Å². The molecule has 166 valence electrons. The molecule has 2 atom stereocenters. The summed E-state index contributed by atoms with van der Waals surface area (Å²) in [6, 6.07) is 18.8. The summed E-state index contributed by atoms with van der Waals surface area (Å²) in [5.41, 5.74) is 2.22. The van der Waals surface area contributed by atoms with Crippen molar-refractivity contribution in [2.24, 2.45) is 0 Å². The molecular formula is C27H29NO4. The van der Waals surface area contributed by atoms with E-state index in [1.165, 1.54) is 7.11 Å². The van der Waals surface area contributed by atoms with Crippen molar-refractivity contribution in [1.82, 2.24) is 0 Å². The molecule has 1 aromatic heterocycles. The van der Waals surface area contributed by atoms with E-state index in [0.29, 0.717) is 16.8 Å². The maximum Gasteiger partial charge on any atom is 0.257 e. The number of unbranched alkanes of at least 4 members (excludes halogenated alkanes) is 2. The highest BCUT2D eigenvalue weighted by Crippen LogP contribution is 2.43. The van der Waals surface area contributed by atoms with E-state index in [1.807, 2.05) is 60.7 Å². The number of fused-ring (bicyclic) bond motifs is 1. The molecule has 2 heterocycles. The number of aliphatic hydroxyl groups is 1. The van der Waals surface area contributed by atoms with Gasteiger partial charge in [0.25, 0.3) is 5.91 Å². The van der Waals surface area contributed by atoms with Crippen molar-refractivity contribution >= 4 is 23.2 Å². The Labute approximate surface area is 188 Å². The van der Waals surface area contributed by atoms with Crippen LogP contribution >= 0.6 is 0 Å². The molecule has 2 aromatic carbocycles. The Kier molecular flexibility index (Phi) is 6.58. The summed E-state index contributed by atoms with van der Waals surface area (Å²) in [7, 11) is 1.44. The summed E-state index contributed by atoms with van der Waals surface area (Å²) in [6.45, 7) is 2.19. The number of allylic oxidation sites excluding steroid dienone is 1. The average Bonchev–Trinajstić information content (AvgIpc) is 3.35. The summed E-state index contributed by atoms with van der Waals surface area (Å²) in [5, 5.41) is 14.8. The van der Waals surface area contributed by atoms with Crippen LogP contribution in [0.2, 0.25) is 0 Å². The van der Waals surface area contributed by atoms with Crippen LogP contribution in [-0.2, 0) is 15.1 Å². The fourth-order valence-corrected chi connectivity index (χ4v) is 4.38. The standard InChI is InChI=1S/C27H29NO4/c1-3-4-6-10-20(24-13-9-16-32-24)17-19-14-15-23-22(18-19)27(30,21-11-7-5-8-12-21)25(31-2)26(29)28-23/h5,7-9,11-18,25,30H,3-4,6,10H2,1-2H3,(H,28,29)/b20-17+. The van der Waals surface area contributed by atoms with Crippen molar-refractivity contribution < 1.29 is 19.1 Å². The first kappa shape index (κ1) is 22.1. The van der Waals surface area contributed by atoms with Crippen LogP contribution in [0, 0.1) is 0 Å². The second-order valence-electron chi connectivity index (χ2n) is 8.15. The number of nitrogens with one attached hydrogen (secondary N) is 1. The summed E-state index contributed by atoms with van der Waals surface area (Å²) in [5.74, 6) is 0.478. The minimum atomic E-state index is -1.61. The van der Waals surface area contributed by atoms with E-state index in [-0.39, 0.29) is 5.91 Å². The van der Waals surface area contributed by atoms with Gasteiger partial charge in [0.1, 0.15) is 5.76 Å². The maximum atomic E-state index is 12.7. The van der Waals surface area contributed by atoms with Crippen molar-refractivity contribution in [1.29, 1.82) is 0 Å². The van der Waals surface area contributed by atoms with Gasteiger partial charge in [0.2, 0.25) is 0 Å². The second-order valence-corrected chi connectivity index (χ2v) is 8.15. The fourth-order valence-electron chi connectivity index (χ4n) is 4.38.